The number of hydrogen-bond donors (Lipinski definition) is 4. The van der Waals surface area contributed by atoms with Gasteiger partial charge in [0.1, 0.15) is 6.04 Å². The maximum absolute atomic E-state index is 10.4. The molecule has 0 amide bonds. The molecule has 0 aromatic carbocycles. The highest BCUT2D eigenvalue weighted by Crippen LogP contribution is 2.04. The van der Waals surface area contributed by atoms with E-state index in [-0.39, 0.29) is 6.04 Å². The third kappa shape index (κ3) is 6.88. The minimum atomic E-state index is -0.961. The lowest BCUT2D eigenvalue weighted by Crippen LogP contribution is -2.34. The van der Waals surface area contributed by atoms with Crippen molar-refractivity contribution in [2.45, 2.75) is 19.0 Å². The maximum Gasteiger partial charge on any atom is 0.321 e. The lowest BCUT2D eigenvalue weighted by molar-refractivity contribution is -0.137. The molecule has 0 aromatic rings. The van der Waals surface area contributed by atoms with Crippen molar-refractivity contribution in [1.82, 2.24) is 5.32 Å². The molecule has 0 aliphatic heterocycles. The molecule has 0 saturated carbocycles. The van der Waals surface area contributed by atoms with E-state index in [1.165, 1.54) is 18.0 Å². The van der Waals surface area contributed by atoms with Gasteiger partial charge >= 0.3 is 5.97 Å². The molecule has 0 radical (unpaired) electrons. The summed E-state index contributed by atoms with van der Waals surface area (Å²) in [7, 11) is 0. The summed E-state index contributed by atoms with van der Waals surface area (Å²) in [6.07, 6.45) is 1.30. The fourth-order valence-electron chi connectivity index (χ4n) is 0.762. The van der Waals surface area contributed by atoms with Gasteiger partial charge in [-0.3, -0.25) is 4.79 Å². The van der Waals surface area contributed by atoms with Crippen LogP contribution in [0.4, 0.5) is 0 Å². The van der Waals surface area contributed by atoms with E-state index in [4.69, 9.17) is 16.2 Å². The number of nitrogens with one attached hydrogen (secondary N) is 2. The molecule has 0 bridgehead atoms. The van der Waals surface area contributed by atoms with Crippen molar-refractivity contribution in [2.24, 2.45) is 5.73 Å². The molecule has 6 heteroatoms. The van der Waals surface area contributed by atoms with Crippen LogP contribution in [0.5, 0.6) is 0 Å². The Bertz CT molecular complexity index is 189. The van der Waals surface area contributed by atoms with Gasteiger partial charge in [-0.2, -0.15) is 11.8 Å². The Morgan fingerprint density at radius 1 is 1.71 bits per heavy atom. The second-order valence-corrected chi connectivity index (χ2v) is 4.07. The number of rotatable bonds is 8. The monoisotopic (exact) mass is 219 g/mol. The van der Waals surface area contributed by atoms with Gasteiger partial charge in [0.05, 0.1) is 0 Å². The van der Waals surface area contributed by atoms with Crippen LogP contribution >= 0.6 is 11.8 Å². The molecule has 82 valence electrons. The lowest BCUT2D eigenvalue weighted by Gasteiger charge is -2.12. The van der Waals surface area contributed by atoms with Gasteiger partial charge in [0, 0.05) is 30.3 Å². The normalized spacial score (nSPS) is 14.7. The number of aliphatic carboxylic acids is 1. The molecule has 14 heavy (non-hydrogen) atoms. The van der Waals surface area contributed by atoms with E-state index in [0.717, 1.165) is 5.75 Å². The van der Waals surface area contributed by atoms with E-state index in [1.54, 1.807) is 0 Å². The number of carboxylic acid groups (broad SMARTS) is 1. The van der Waals surface area contributed by atoms with Crippen LogP contribution in [-0.4, -0.2) is 47.4 Å². The van der Waals surface area contributed by atoms with Gasteiger partial charge in [0.2, 0.25) is 0 Å². The molecule has 2 atom stereocenters. The summed E-state index contributed by atoms with van der Waals surface area (Å²) in [4.78, 5) is 10.4. The standard InChI is InChI=1S/C8H17N3O2S/c1-6(11-3-2-9)4-14-5-7(10)8(12)13/h2,6-7,9,11H,3-5,10H2,1H3,(H,12,13)/t6-,7-/m1/s1. The molecule has 5 nitrogen and oxygen atoms in total. The van der Waals surface area contributed by atoms with Crippen LogP contribution < -0.4 is 11.1 Å². The van der Waals surface area contributed by atoms with Crippen LogP contribution in [0.3, 0.4) is 0 Å². The highest BCUT2D eigenvalue weighted by Gasteiger charge is 2.11. The maximum atomic E-state index is 10.4. The topological polar surface area (TPSA) is 99.2 Å². The Morgan fingerprint density at radius 3 is 2.86 bits per heavy atom. The molecular formula is C8H17N3O2S. The number of thioether (sulfide) groups is 1. The first-order valence-electron chi connectivity index (χ1n) is 4.36. The van der Waals surface area contributed by atoms with Gasteiger partial charge in [0.15, 0.2) is 0 Å². The smallest absolute Gasteiger partial charge is 0.321 e. The lowest BCUT2D eigenvalue weighted by atomic mass is 10.4. The molecule has 0 aliphatic rings. The van der Waals surface area contributed by atoms with Crippen LogP contribution in [0, 0.1) is 5.41 Å². The summed E-state index contributed by atoms with van der Waals surface area (Å²) < 4.78 is 0. The third-order valence-corrected chi connectivity index (χ3v) is 2.88. The molecule has 0 rings (SSSR count). The van der Waals surface area contributed by atoms with Crippen molar-refractivity contribution in [3.05, 3.63) is 0 Å². The molecule has 0 heterocycles. The summed E-state index contributed by atoms with van der Waals surface area (Å²) in [5, 5.41) is 18.4. The van der Waals surface area contributed by atoms with E-state index in [2.05, 4.69) is 5.32 Å². The Balaban J connectivity index is 3.43. The van der Waals surface area contributed by atoms with Crippen LogP contribution in [0.1, 0.15) is 6.92 Å². The van der Waals surface area contributed by atoms with Gasteiger partial charge in [0.25, 0.3) is 0 Å². The largest absolute Gasteiger partial charge is 0.480 e. The predicted octanol–water partition coefficient (Wildman–Crippen LogP) is -0.241. The van der Waals surface area contributed by atoms with Crippen molar-refractivity contribution in [3.8, 4) is 0 Å². The molecule has 0 aromatic heterocycles. The van der Waals surface area contributed by atoms with Crippen molar-refractivity contribution < 1.29 is 9.90 Å². The quantitative estimate of drug-likeness (QED) is 0.422. The van der Waals surface area contributed by atoms with Crippen LogP contribution in [0.25, 0.3) is 0 Å². The van der Waals surface area contributed by atoms with Gasteiger partial charge in [-0.25, -0.2) is 0 Å². The van der Waals surface area contributed by atoms with E-state index >= 15 is 0 Å². The first-order chi connectivity index (χ1) is 6.57. The first-order valence-corrected chi connectivity index (χ1v) is 5.51. The number of nitrogens with two attached hydrogens (primary N) is 1. The average molecular weight is 219 g/mol. The Kier molecular flexibility index (Phi) is 7.45. The summed E-state index contributed by atoms with van der Waals surface area (Å²) >= 11 is 1.50. The zero-order valence-corrected chi connectivity index (χ0v) is 9.01. The minimum absolute atomic E-state index is 0.266. The molecule has 0 unspecified atom stereocenters. The van der Waals surface area contributed by atoms with Gasteiger partial charge in [-0.05, 0) is 6.92 Å². The highest BCUT2D eigenvalue weighted by molar-refractivity contribution is 7.99. The number of carbonyl (C=O) groups is 1. The third-order valence-electron chi connectivity index (χ3n) is 1.55. The van der Waals surface area contributed by atoms with E-state index in [9.17, 15) is 4.79 Å². The minimum Gasteiger partial charge on any atom is -0.480 e. The zero-order valence-electron chi connectivity index (χ0n) is 8.19. The summed E-state index contributed by atoms with van der Waals surface area (Å²) in [5.41, 5.74) is 5.33. The van der Waals surface area contributed by atoms with E-state index in [0.29, 0.717) is 12.3 Å². The van der Waals surface area contributed by atoms with Crippen molar-refractivity contribution in [3.63, 3.8) is 0 Å². The average Bonchev–Trinajstić information content (AvgIpc) is 2.14. The van der Waals surface area contributed by atoms with Crippen LogP contribution in [0.2, 0.25) is 0 Å². The fourth-order valence-corrected chi connectivity index (χ4v) is 1.77. The van der Waals surface area contributed by atoms with Crippen LogP contribution in [-0.2, 0) is 4.79 Å². The fraction of sp³-hybridized carbons (Fsp3) is 0.750. The van der Waals surface area contributed by atoms with Crippen molar-refractivity contribution >= 4 is 23.9 Å². The predicted molar refractivity (Wildman–Crippen MR) is 59.2 cm³/mol. The van der Waals surface area contributed by atoms with E-state index in [1.807, 2.05) is 6.92 Å². The Labute approximate surface area is 87.9 Å². The summed E-state index contributed by atoms with van der Waals surface area (Å²) in [6, 6.07) is -0.516. The van der Waals surface area contributed by atoms with Crippen LogP contribution in [0.15, 0.2) is 0 Å². The highest BCUT2D eigenvalue weighted by atomic mass is 32.2. The van der Waals surface area contributed by atoms with Gasteiger partial charge < -0.3 is 21.6 Å². The zero-order chi connectivity index (χ0) is 11.0. The van der Waals surface area contributed by atoms with Crippen molar-refractivity contribution in [2.75, 3.05) is 18.1 Å². The van der Waals surface area contributed by atoms with Crippen molar-refractivity contribution in [1.29, 1.82) is 5.41 Å². The number of hydrogen-bond acceptors (Lipinski definition) is 5. The summed E-state index contributed by atoms with van der Waals surface area (Å²) in [5.74, 6) is 0.262. The van der Waals surface area contributed by atoms with Gasteiger partial charge in [-0.1, -0.05) is 0 Å². The van der Waals surface area contributed by atoms with E-state index < -0.39 is 12.0 Å². The first kappa shape index (κ1) is 13.4. The SMILES string of the molecule is C[C@H](CSC[C@@H](N)C(=O)O)NCC=N. The second-order valence-electron chi connectivity index (χ2n) is 3.00. The molecule has 0 fully saturated rings. The van der Waals surface area contributed by atoms with Gasteiger partial charge in [-0.15, -0.1) is 0 Å². The molecular weight excluding hydrogens is 202 g/mol. The second kappa shape index (κ2) is 7.78. The summed E-state index contributed by atoms with van der Waals surface area (Å²) in [6.45, 7) is 2.54. The Hall–Kier alpha value is -0.590. The molecule has 0 aliphatic carbocycles. The number of carboxylic acids is 1. The Morgan fingerprint density at radius 2 is 2.36 bits per heavy atom. The molecule has 0 spiro atoms. The molecule has 5 N–H and O–H groups in total. The molecule has 0 saturated heterocycles.